The van der Waals surface area contributed by atoms with Gasteiger partial charge in [0.25, 0.3) is 0 Å². The topological polar surface area (TPSA) is 60.1 Å². The van der Waals surface area contributed by atoms with Crippen LogP contribution >= 0.6 is 0 Å². The highest BCUT2D eigenvalue weighted by molar-refractivity contribution is 7.85. The van der Waals surface area contributed by atoms with Crippen molar-refractivity contribution >= 4 is 17.2 Å². The van der Waals surface area contributed by atoms with Crippen LogP contribution in [-0.4, -0.2) is 36.3 Å². The first-order valence-electron chi connectivity index (χ1n) is 6.02. The van der Waals surface area contributed by atoms with E-state index in [2.05, 4.69) is 14.7 Å². The molecule has 1 aromatic heterocycles. The van der Waals surface area contributed by atoms with Crippen molar-refractivity contribution < 1.29 is 17.4 Å². The van der Waals surface area contributed by atoms with Crippen LogP contribution in [-0.2, 0) is 16.5 Å². The molecule has 1 aromatic rings. The molecule has 1 saturated carbocycles. The molecule has 0 aromatic carbocycles. The van der Waals surface area contributed by atoms with E-state index in [9.17, 15) is 17.4 Å². The van der Waals surface area contributed by atoms with Gasteiger partial charge in [0.2, 0.25) is 0 Å². The summed E-state index contributed by atoms with van der Waals surface area (Å²) in [4.78, 5) is 0. The summed E-state index contributed by atoms with van der Waals surface area (Å²) >= 11 is 0. The maximum absolute atomic E-state index is 12.9. The summed E-state index contributed by atoms with van der Waals surface area (Å²) in [6.07, 6.45) is -1.96. The minimum absolute atomic E-state index is 0.00433. The highest BCUT2D eigenvalue weighted by atomic mass is 32.2. The minimum atomic E-state index is -4.34. The molecule has 0 saturated heterocycles. The molecule has 1 fully saturated rings. The number of nitrogens with zero attached hydrogens (tertiary/aromatic N) is 4. The second kappa shape index (κ2) is 4.64. The lowest BCUT2D eigenvalue weighted by Gasteiger charge is -2.18. The van der Waals surface area contributed by atoms with Crippen molar-refractivity contribution in [3.8, 4) is 0 Å². The Morgan fingerprint density at radius 2 is 2.00 bits per heavy atom. The van der Waals surface area contributed by atoms with Crippen molar-refractivity contribution in [2.24, 2.45) is 4.40 Å². The van der Waals surface area contributed by atoms with Crippen molar-refractivity contribution in [3.63, 3.8) is 0 Å². The molecule has 0 spiro atoms. The fourth-order valence-corrected chi connectivity index (χ4v) is 2.09. The van der Waals surface area contributed by atoms with Gasteiger partial charge in [-0.3, -0.25) is 0 Å². The molecule has 1 aliphatic carbocycles. The van der Waals surface area contributed by atoms with Gasteiger partial charge < -0.3 is 0 Å². The highest BCUT2D eigenvalue weighted by Gasteiger charge is 2.65. The van der Waals surface area contributed by atoms with Crippen LogP contribution in [0.1, 0.15) is 39.3 Å². The van der Waals surface area contributed by atoms with E-state index in [4.69, 9.17) is 0 Å². The van der Waals surface area contributed by atoms with Crippen LogP contribution in [0.15, 0.2) is 10.6 Å². The largest absolute Gasteiger partial charge is 0.413 e. The monoisotopic (exact) mass is 308 g/mol. The predicted octanol–water partition coefficient (Wildman–Crippen LogP) is 2.21. The molecule has 5 nitrogen and oxygen atoms in total. The average Bonchev–Trinajstić information content (AvgIpc) is 2.99. The molecular weight excluding hydrogens is 293 g/mol. The predicted molar refractivity (Wildman–Crippen MR) is 68.8 cm³/mol. The summed E-state index contributed by atoms with van der Waals surface area (Å²) in [5.41, 5.74) is -1.76. The van der Waals surface area contributed by atoms with Crippen molar-refractivity contribution in [2.75, 3.05) is 0 Å². The third-order valence-electron chi connectivity index (χ3n) is 3.01. The number of alkyl halides is 3. The van der Waals surface area contributed by atoms with E-state index in [1.807, 2.05) is 0 Å². The SMILES string of the molecule is CC(C)(C)[S@](=O)/N=C/c1cn(C2(C(F)(F)F)CC2)nn1. The van der Waals surface area contributed by atoms with E-state index >= 15 is 0 Å². The molecule has 2 rings (SSSR count). The zero-order valence-corrected chi connectivity index (χ0v) is 12.1. The fraction of sp³-hybridized carbons (Fsp3) is 0.727. The van der Waals surface area contributed by atoms with E-state index in [0.29, 0.717) is 0 Å². The van der Waals surface area contributed by atoms with Gasteiger partial charge in [0, 0.05) is 0 Å². The highest BCUT2D eigenvalue weighted by Crippen LogP contribution is 2.54. The number of rotatable bonds is 3. The van der Waals surface area contributed by atoms with E-state index in [1.54, 1.807) is 20.8 Å². The van der Waals surface area contributed by atoms with E-state index in [0.717, 1.165) is 4.68 Å². The first kappa shape index (κ1) is 15.1. The minimum Gasteiger partial charge on any atom is -0.237 e. The Kier molecular flexibility index (Phi) is 3.52. The number of halogens is 3. The van der Waals surface area contributed by atoms with E-state index in [-0.39, 0.29) is 18.5 Å². The lowest BCUT2D eigenvalue weighted by atomic mass is 10.2. The molecule has 0 bridgehead atoms. The summed E-state index contributed by atoms with van der Waals surface area (Å²) in [6, 6.07) is 0. The second-order valence-electron chi connectivity index (χ2n) is 5.71. The van der Waals surface area contributed by atoms with Crippen LogP contribution < -0.4 is 0 Å². The third kappa shape index (κ3) is 2.77. The smallest absolute Gasteiger partial charge is 0.237 e. The van der Waals surface area contributed by atoms with Gasteiger partial charge in [0.05, 0.1) is 17.2 Å². The maximum Gasteiger partial charge on any atom is 0.413 e. The van der Waals surface area contributed by atoms with Crippen LogP contribution in [0.25, 0.3) is 0 Å². The van der Waals surface area contributed by atoms with Gasteiger partial charge in [0.15, 0.2) is 5.54 Å². The van der Waals surface area contributed by atoms with Gasteiger partial charge in [-0.25, -0.2) is 8.89 Å². The molecule has 0 N–H and O–H groups in total. The Labute approximate surface area is 116 Å². The van der Waals surface area contributed by atoms with Gasteiger partial charge >= 0.3 is 6.18 Å². The lowest BCUT2D eigenvalue weighted by Crippen LogP contribution is -2.35. The summed E-state index contributed by atoms with van der Waals surface area (Å²) < 4.78 is 54.5. The van der Waals surface area contributed by atoms with Gasteiger partial charge in [-0.15, -0.1) is 5.10 Å². The van der Waals surface area contributed by atoms with Gasteiger partial charge in [0.1, 0.15) is 16.7 Å². The maximum atomic E-state index is 12.9. The average molecular weight is 308 g/mol. The Morgan fingerprint density at radius 1 is 1.40 bits per heavy atom. The van der Waals surface area contributed by atoms with Crippen molar-refractivity contribution in [3.05, 3.63) is 11.9 Å². The molecule has 0 unspecified atom stereocenters. The van der Waals surface area contributed by atoms with Crippen LogP contribution in [0.3, 0.4) is 0 Å². The van der Waals surface area contributed by atoms with Crippen LogP contribution in [0.2, 0.25) is 0 Å². The molecule has 112 valence electrons. The lowest BCUT2D eigenvalue weighted by molar-refractivity contribution is -0.182. The summed E-state index contributed by atoms with van der Waals surface area (Å²) in [5.74, 6) is 0. The Hall–Kier alpha value is -1.25. The molecule has 1 atom stereocenters. The molecule has 1 heterocycles. The van der Waals surface area contributed by atoms with E-state index in [1.165, 1.54) is 12.4 Å². The molecule has 20 heavy (non-hydrogen) atoms. The normalized spacial score (nSPS) is 20.3. The first-order valence-corrected chi connectivity index (χ1v) is 7.13. The third-order valence-corrected chi connectivity index (χ3v) is 4.35. The second-order valence-corrected chi connectivity index (χ2v) is 7.65. The van der Waals surface area contributed by atoms with Crippen molar-refractivity contribution in [1.82, 2.24) is 15.0 Å². The van der Waals surface area contributed by atoms with Crippen molar-refractivity contribution in [2.45, 2.75) is 50.1 Å². The molecule has 0 radical (unpaired) electrons. The van der Waals surface area contributed by atoms with Gasteiger partial charge in [-0.05, 0) is 33.6 Å². The molecule has 0 aliphatic heterocycles. The fourth-order valence-electron chi connectivity index (χ4n) is 1.57. The Morgan fingerprint density at radius 3 is 2.45 bits per heavy atom. The van der Waals surface area contributed by atoms with Crippen molar-refractivity contribution in [1.29, 1.82) is 0 Å². The Balaban J connectivity index is 2.15. The summed E-state index contributed by atoms with van der Waals surface area (Å²) in [7, 11) is -1.48. The van der Waals surface area contributed by atoms with Crippen LogP contribution in [0, 0.1) is 0 Å². The molecule has 9 heteroatoms. The summed E-state index contributed by atoms with van der Waals surface area (Å²) in [5, 5.41) is 7.13. The van der Waals surface area contributed by atoms with Crippen LogP contribution in [0.4, 0.5) is 13.2 Å². The number of aromatic nitrogens is 3. The molecule has 0 amide bonds. The number of hydrogen-bond donors (Lipinski definition) is 0. The van der Waals surface area contributed by atoms with Gasteiger partial charge in [-0.2, -0.15) is 17.6 Å². The zero-order valence-electron chi connectivity index (χ0n) is 11.3. The molecule has 1 aliphatic rings. The zero-order chi connectivity index (χ0) is 15.2. The Bertz CT molecular complexity index is 555. The number of hydrogen-bond acceptors (Lipinski definition) is 3. The summed E-state index contributed by atoms with van der Waals surface area (Å²) in [6.45, 7) is 5.25. The van der Waals surface area contributed by atoms with E-state index < -0.39 is 27.4 Å². The van der Waals surface area contributed by atoms with Gasteiger partial charge in [-0.1, -0.05) is 5.21 Å². The molecular formula is C11H15F3N4OS. The quantitative estimate of drug-likeness (QED) is 0.804. The standard InChI is InChI=1S/C11H15F3N4OS/c1-9(2,3)20(19)15-6-8-7-18(17-16-8)10(4-5-10)11(12,13)14/h6-7H,4-5H2,1-3H3/b15-6+/t20-/m0/s1. The first-order chi connectivity index (χ1) is 9.06. The van der Waals surface area contributed by atoms with Crippen LogP contribution in [0.5, 0.6) is 0 Å².